The second-order valence-corrected chi connectivity index (χ2v) is 11.4. The highest BCUT2D eigenvalue weighted by molar-refractivity contribution is 7.20. The summed E-state index contributed by atoms with van der Waals surface area (Å²) in [5.74, 6) is -1.81. The number of halogens is 2. The van der Waals surface area contributed by atoms with Crippen molar-refractivity contribution >= 4 is 50.0 Å². The van der Waals surface area contributed by atoms with Gasteiger partial charge in [-0.2, -0.15) is 0 Å². The number of rotatable bonds is 5. The molecule has 4 aromatic rings. The summed E-state index contributed by atoms with van der Waals surface area (Å²) in [6, 6.07) is 10.8. The number of aliphatic imine (C=N–C) groups is 1. The Morgan fingerprint density at radius 2 is 1.89 bits per heavy atom. The zero-order chi connectivity index (χ0) is 26.0. The number of carbonyl (C=O) groups is 1. The first-order valence-corrected chi connectivity index (χ1v) is 13.6. The van der Waals surface area contributed by atoms with Crippen LogP contribution in [0.1, 0.15) is 36.1 Å². The molecule has 0 amide bonds. The summed E-state index contributed by atoms with van der Waals surface area (Å²) >= 11 is 1.46. The minimum atomic E-state index is -1.08. The molecule has 0 spiro atoms. The molecule has 8 rings (SSSR count). The fraction of sp³-hybridized carbons (Fsp3) is 0.321. The van der Waals surface area contributed by atoms with Gasteiger partial charge in [0, 0.05) is 27.9 Å². The van der Waals surface area contributed by atoms with E-state index >= 15 is 4.39 Å². The van der Waals surface area contributed by atoms with Gasteiger partial charge in [0.05, 0.1) is 22.7 Å². The molecule has 3 saturated carbocycles. The summed E-state index contributed by atoms with van der Waals surface area (Å²) in [5.41, 5.74) is 1.33. The van der Waals surface area contributed by atoms with Gasteiger partial charge in [-0.3, -0.25) is 10.1 Å². The van der Waals surface area contributed by atoms with Crippen molar-refractivity contribution in [3.8, 4) is 0 Å². The van der Waals surface area contributed by atoms with E-state index in [-0.39, 0.29) is 23.6 Å². The molecule has 7 nitrogen and oxygen atoms in total. The topological polar surface area (TPSA) is 102 Å². The molecule has 0 radical (unpaired) electrons. The number of carboxylic acid groups (broad SMARTS) is 1. The number of nitrogens with one attached hydrogen (secondary N) is 3. The van der Waals surface area contributed by atoms with E-state index in [1.165, 1.54) is 17.4 Å². The third-order valence-electron chi connectivity index (χ3n) is 8.26. The highest BCUT2D eigenvalue weighted by Crippen LogP contribution is 2.46. The van der Waals surface area contributed by atoms with E-state index in [2.05, 4.69) is 25.6 Å². The summed E-state index contributed by atoms with van der Waals surface area (Å²) in [4.78, 5) is 24.8. The molecule has 4 heterocycles. The predicted molar refractivity (Wildman–Crippen MR) is 143 cm³/mol. The second kappa shape index (κ2) is 8.99. The molecule has 3 atom stereocenters. The van der Waals surface area contributed by atoms with E-state index in [1.807, 2.05) is 30.3 Å². The van der Waals surface area contributed by atoms with Crippen molar-refractivity contribution < 1.29 is 18.7 Å². The van der Waals surface area contributed by atoms with Gasteiger partial charge >= 0.3 is 5.97 Å². The first-order valence-electron chi connectivity index (χ1n) is 12.8. The van der Waals surface area contributed by atoms with E-state index in [4.69, 9.17) is 0 Å². The maximum Gasteiger partial charge on any atom is 0.308 e. The number of aromatic nitrogens is 2. The van der Waals surface area contributed by atoms with E-state index in [1.54, 1.807) is 6.20 Å². The van der Waals surface area contributed by atoms with Crippen molar-refractivity contribution in [2.24, 2.45) is 22.7 Å². The van der Waals surface area contributed by atoms with Crippen molar-refractivity contribution in [1.82, 2.24) is 20.6 Å². The van der Waals surface area contributed by atoms with Crippen molar-refractivity contribution in [3.63, 3.8) is 0 Å². The van der Waals surface area contributed by atoms with Gasteiger partial charge in [0.25, 0.3) is 0 Å². The molecule has 3 aliphatic carbocycles. The number of hydrogen-bond donors (Lipinski definition) is 4. The number of amidine groups is 1. The zero-order valence-electron chi connectivity index (χ0n) is 20.2. The summed E-state index contributed by atoms with van der Waals surface area (Å²) < 4.78 is 31.4. The zero-order valence-corrected chi connectivity index (χ0v) is 21.1. The summed E-state index contributed by atoms with van der Waals surface area (Å²) in [7, 11) is 0. The van der Waals surface area contributed by atoms with Crippen LogP contribution in [0.4, 0.5) is 8.78 Å². The number of H-pyrrole nitrogens is 1. The van der Waals surface area contributed by atoms with Crippen LogP contribution in [0.5, 0.6) is 0 Å². The third kappa shape index (κ3) is 3.82. The van der Waals surface area contributed by atoms with Crippen LogP contribution in [0.15, 0.2) is 59.6 Å². The van der Waals surface area contributed by atoms with Crippen molar-refractivity contribution in [2.45, 2.75) is 37.9 Å². The number of hydrogen-bond acceptors (Lipinski definition) is 6. The van der Waals surface area contributed by atoms with Crippen LogP contribution in [0.3, 0.4) is 0 Å². The van der Waals surface area contributed by atoms with E-state index in [0.717, 1.165) is 42.0 Å². The van der Waals surface area contributed by atoms with Crippen LogP contribution < -0.4 is 10.6 Å². The van der Waals surface area contributed by atoms with Crippen molar-refractivity contribution in [2.75, 3.05) is 0 Å². The van der Waals surface area contributed by atoms with E-state index in [9.17, 15) is 14.3 Å². The Bertz CT molecular complexity index is 1600. The third-order valence-corrected chi connectivity index (χ3v) is 9.39. The Hall–Kier alpha value is -3.63. The highest BCUT2D eigenvalue weighted by Gasteiger charge is 2.48. The highest BCUT2D eigenvalue weighted by atomic mass is 32.1. The number of thiophene rings is 1. The SMILES string of the molecule is O=C(O)C1C2CCC(CC2)C1NC1N=C(c2c[nH]c3ncc(F)cc23)NC(c2cc3ccccc3s2)=C1F. The molecular formula is C28H25F2N5O2S. The molecule has 10 heteroatoms. The van der Waals surface area contributed by atoms with E-state index < -0.39 is 29.7 Å². The lowest BCUT2D eigenvalue weighted by molar-refractivity contribution is -0.149. The molecule has 3 unspecified atom stereocenters. The van der Waals surface area contributed by atoms with Crippen molar-refractivity contribution in [3.05, 3.63) is 70.9 Å². The number of pyridine rings is 1. The molecule has 4 aliphatic rings. The van der Waals surface area contributed by atoms with Crippen LogP contribution in [-0.4, -0.2) is 39.1 Å². The molecule has 1 aliphatic heterocycles. The Labute approximate surface area is 220 Å². The Morgan fingerprint density at radius 1 is 1.11 bits per heavy atom. The van der Waals surface area contributed by atoms with Gasteiger partial charge in [0.1, 0.15) is 17.3 Å². The quantitative estimate of drug-likeness (QED) is 0.275. The van der Waals surface area contributed by atoms with Crippen LogP contribution >= 0.6 is 11.3 Å². The molecule has 3 aromatic heterocycles. The summed E-state index contributed by atoms with van der Waals surface area (Å²) in [5, 5.41) is 18.1. The Kier molecular flexibility index (Phi) is 5.55. The fourth-order valence-corrected chi connectivity index (χ4v) is 7.53. The molecule has 0 saturated heterocycles. The lowest BCUT2D eigenvalue weighted by Crippen LogP contribution is -2.57. The molecule has 4 N–H and O–H groups in total. The first-order chi connectivity index (χ1) is 18.5. The van der Waals surface area contributed by atoms with E-state index in [0.29, 0.717) is 27.3 Å². The minimum absolute atomic E-state index is 0.0805. The normalized spacial score (nSPS) is 27.1. The largest absolute Gasteiger partial charge is 0.481 e. The molecule has 194 valence electrons. The standard InChI is InChI=1S/C28H25F2N5O2S/c29-16-10-17-18(12-32-25(17)31-11-16)26-34-24(20-9-15-3-1-2-4-19(15)38-20)22(30)27(35-26)33-23-14-7-5-13(6-8-14)21(23)28(36)37/h1-4,9-14,21,23,27,33H,5-8H2,(H,31,32)(H,34,35)(H,36,37). The Balaban J connectivity index is 1.33. The molecular weight excluding hydrogens is 508 g/mol. The average molecular weight is 534 g/mol. The number of aliphatic carboxylic acids is 1. The van der Waals surface area contributed by atoms with Gasteiger partial charge in [0.15, 0.2) is 12.0 Å². The number of fused-ring (bicyclic) bond motifs is 5. The molecule has 3 fully saturated rings. The van der Waals surface area contributed by atoms with Crippen molar-refractivity contribution in [1.29, 1.82) is 0 Å². The van der Waals surface area contributed by atoms with Crippen LogP contribution in [0.2, 0.25) is 0 Å². The monoisotopic (exact) mass is 533 g/mol. The number of nitrogens with zero attached hydrogens (tertiary/aromatic N) is 2. The minimum Gasteiger partial charge on any atom is -0.481 e. The number of carboxylic acids is 1. The molecule has 38 heavy (non-hydrogen) atoms. The van der Waals surface area contributed by atoms with Crippen LogP contribution in [-0.2, 0) is 4.79 Å². The first kappa shape index (κ1) is 23.5. The predicted octanol–water partition coefficient (Wildman–Crippen LogP) is 5.41. The van der Waals surface area contributed by atoms with Gasteiger partial charge in [-0.1, -0.05) is 18.2 Å². The molecule has 1 aromatic carbocycles. The Morgan fingerprint density at radius 3 is 2.68 bits per heavy atom. The van der Waals surface area contributed by atoms with Gasteiger partial charge in [-0.05, 0) is 61.1 Å². The lowest BCUT2D eigenvalue weighted by Gasteiger charge is -2.48. The molecule has 2 bridgehead atoms. The summed E-state index contributed by atoms with van der Waals surface area (Å²) in [6.45, 7) is 0. The summed E-state index contributed by atoms with van der Waals surface area (Å²) in [6.07, 6.45) is 5.36. The van der Waals surface area contributed by atoms with Gasteiger partial charge in [-0.15, -0.1) is 11.3 Å². The number of aromatic amines is 1. The smallest absolute Gasteiger partial charge is 0.308 e. The maximum atomic E-state index is 16.3. The maximum absolute atomic E-state index is 16.3. The lowest BCUT2D eigenvalue weighted by atomic mass is 9.61. The van der Waals surface area contributed by atoms with Gasteiger partial charge < -0.3 is 15.4 Å². The average Bonchev–Trinajstić information content (AvgIpc) is 3.54. The number of benzene rings is 1. The van der Waals surface area contributed by atoms with Crippen LogP contribution in [0, 0.1) is 23.6 Å². The van der Waals surface area contributed by atoms with Crippen LogP contribution in [0.25, 0.3) is 26.8 Å². The van der Waals surface area contributed by atoms with Gasteiger partial charge in [0.2, 0.25) is 0 Å². The fourth-order valence-electron chi connectivity index (χ4n) is 6.47. The second-order valence-electron chi connectivity index (χ2n) is 10.4. The van der Waals surface area contributed by atoms with Gasteiger partial charge in [-0.25, -0.2) is 18.8 Å².